The van der Waals surface area contributed by atoms with Crippen LogP contribution in [0.25, 0.3) is 0 Å². The van der Waals surface area contributed by atoms with E-state index in [1.165, 1.54) is 18.9 Å². The molecule has 6 nitrogen and oxygen atoms in total. The van der Waals surface area contributed by atoms with Crippen LogP contribution < -0.4 is 0 Å². The lowest BCUT2D eigenvalue weighted by Crippen LogP contribution is -2.27. The molecule has 0 spiro atoms. The van der Waals surface area contributed by atoms with E-state index in [-0.39, 0.29) is 19.1 Å². The van der Waals surface area contributed by atoms with Crippen LogP contribution in [0.5, 0.6) is 0 Å². The van der Waals surface area contributed by atoms with Crippen molar-refractivity contribution in [2.24, 2.45) is 0 Å². The van der Waals surface area contributed by atoms with Crippen LogP contribution in [0.4, 0.5) is 0 Å². The standard InChI is InChI=1S/C10H14N2O4/c1-4-16-10(15)8(5-11)9(14)6-12(3)7(2)13/h14H,4,6H2,1-3H3/b9-8+. The van der Waals surface area contributed by atoms with Crippen molar-refractivity contribution >= 4 is 11.9 Å². The van der Waals surface area contributed by atoms with Gasteiger partial charge < -0.3 is 14.7 Å². The maximum atomic E-state index is 11.2. The molecule has 0 atom stereocenters. The smallest absolute Gasteiger partial charge is 0.352 e. The third-order valence-electron chi connectivity index (χ3n) is 1.80. The van der Waals surface area contributed by atoms with Crippen LogP contribution >= 0.6 is 0 Å². The number of hydrogen-bond donors (Lipinski definition) is 1. The average Bonchev–Trinajstić information content (AvgIpc) is 2.18. The van der Waals surface area contributed by atoms with Crippen LogP contribution in [0, 0.1) is 11.3 Å². The fraction of sp³-hybridized carbons (Fsp3) is 0.500. The summed E-state index contributed by atoms with van der Waals surface area (Å²) < 4.78 is 4.58. The Hall–Kier alpha value is -2.03. The second-order valence-corrected chi connectivity index (χ2v) is 3.03. The first kappa shape index (κ1) is 14.0. The van der Waals surface area contributed by atoms with Crippen LogP contribution in [0.2, 0.25) is 0 Å². The highest BCUT2D eigenvalue weighted by atomic mass is 16.5. The second kappa shape index (κ2) is 6.45. The molecule has 0 aromatic heterocycles. The van der Waals surface area contributed by atoms with E-state index in [4.69, 9.17) is 5.26 Å². The van der Waals surface area contributed by atoms with E-state index in [1.807, 2.05) is 0 Å². The number of hydrogen-bond acceptors (Lipinski definition) is 5. The summed E-state index contributed by atoms with van der Waals surface area (Å²) in [4.78, 5) is 23.3. The fourth-order valence-corrected chi connectivity index (χ4v) is 0.846. The molecule has 0 aliphatic heterocycles. The van der Waals surface area contributed by atoms with Crippen LogP contribution in [0.3, 0.4) is 0 Å². The highest BCUT2D eigenvalue weighted by molar-refractivity contribution is 5.93. The number of nitriles is 1. The lowest BCUT2D eigenvalue weighted by molar-refractivity contribution is -0.138. The molecule has 0 aliphatic rings. The van der Waals surface area contributed by atoms with Crippen molar-refractivity contribution < 1.29 is 19.4 Å². The van der Waals surface area contributed by atoms with Gasteiger partial charge in [0.25, 0.3) is 0 Å². The number of carbonyl (C=O) groups is 2. The van der Waals surface area contributed by atoms with Crippen molar-refractivity contribution in [2.45, 2.75) is 13.8 Å². The lowest BCUT2D eigenvalue weighted by atomic mass is 10.2. The van der Waals surface area contributed by atoms with E-state index in [1.54, 1.807) is 13.0 Å². The van der Waals surface area contributed by atoms with Crippen molar-refractivity contribution in [3.63, 3.8) is 0 Å². The Balaban J connectivity index is 4.83. The van der Waals surface area contributed by atoms with Crippen LogP contribution in [-0.2, 0) is 14.3 Å². The number of nitrogens with zero attached hydrogens (tertiary/aromatic N) is 2. The zero-order chi connectivity index (χ0) is 12.7. The topological polar surface area (TPSA) is 90.6 Å². The van der Waals surface area contributed by atoms with Gasteiger partial charge in [-0.25, -0.2) is 4.79 Å². The highest BCUT2D eigenvalue weighted by Crippen LogP contribution is 2.05. The molecule has 0 fully saturated rings. The van der Waals surface area contributed by atoms with Gasteiger partial charge in [-0.3, -0.25) is 4.79 Å². The summed E-state index contributed by atoms with van der Waals surface area (Å²) in [6, 6.07) is 1.55. The van der Waals surface area contributed by atoms with E-state index in [9.17, 15) is 14.7 Å². The van der Waals surface area contributed by atoms with Crippen molar-refractivity contribution in [1.82, 2.24) is 4.90 Å². The maximum absolute atomic E-state index is 11.2. The Morgan fingerprint density at radius 3 is 2.44 bits per heavy atom. The maximum Gasteiger partial charge on any atom is 0.352 e. The quantitative estimate of drug-likeness (QED) is 0.323. The Bertz CT molecular complexity index is 354. The number of carbonyl (C=O) groups excluding carboxylic acids is 2. The van der Waals surface area contributed by atoms with Crippen molar-refractivity contribution in [1.29, 1.82) is 5.26 Å². The number of esters is 1. The molecule has 0 aliphatic carbocycles. The minimum Gasteiger partial charge on any atom is -0.509 e. The zero-order valence-electron chi connectivity index (χ0n) is 9.48. The summed E-state index contributed by atoms with van der Waals surface area (Å²) in [5.41, 5.74) is -0.477. The summed E-state index contributed by atoms with van der Waals surface area (Å²) in [6.45, 7) is 2.81. The Morgan fingerprint density at radius 1 is 1.50 bits per heavy atom. The molecule has 0 aromatic rings. The van der Waals surface area contributed by atoms with Gasteiger partial charge in [-0.05, 0) is 6.92 Å². The molecule has 0 saturated carbocycles. The first-order valence-corrected chi connectivity index (χ1v) is 4.65. The van der Waals surface area contributed by atoms with E-state index >= 15 is 0 Å². The molecule has 0 unspecified atom stereocenters. The SMILES string of the molecule is CCOC(=O)/C(C#N)=C(/O)CN(C)C(C)=O. The molecule has 6 heteroatoms. The molecule has 88 valence electrons. The molecule has 0 bridgehead atoms. The predicted octanol–water partition coefficient (Wildman–Crippen LogP) is 0.363. The van der Waals surface area contributed by atoms with Gasteiger partial charge in [0.2, 0.25) is 5.91 Å². The third-order valence-corrected chi connectivity index (χ3v) is 1.80. The second-order valence-electron chi connectivity index (χ2n) is 3.03. The molecule has 1 N–H and O–H groups in total. The minimum absolute atomic E-state index is 0.111. The monoisotopic (exact) mass is 226 g/mol. The molecular weight excluding hydrogens is 212 g/mol. The van der Waals surface area contributed by atoms with Gasteiger partial charge in [-0.1, -0.05) is 0 Å². The zero-order valence-corrected chi connectivity index (χ0v) is 9.48. The number of ether oxygens (including phenoxy) is 1. The van der Waals surface area contributed by atoms with E-state index in [0.717, 1.165) is 0 Å². The van der Waals surface area contributed by atoms with Crippen LogP contribution in [0.1, 0.15) is 13.8 Å². The van der Waals surface area contributed by atoms with Gasteiger partial charge in [-0.2, -0.15) is 5.26 Å². The molecule has 1 amide bonds. The summed E-state index contributed by atoms with van der Waals surface area (Å²) in [6.07, 6.45) is 0. The molecule has 0 radical (unpaired) electrons. The molecule has 0 rings (SSSR count). The van der Waals surface area contributed by atoms with Gasteiger partial charge in [-0.15, -0.1) is 0 Å². The Labute approximate surface area is 93.7 Å². The Morgan fingerprint density at radius 2 is 2.06 bits per heavy atom. The largest absolute Gasteiger partial charge is 0.509 e. The van der Waals surface area contributed by atoms with Gasteiger partial charge in [0.05, 0.1) is 13.2 Å². The number of aliphatic hydroxyl groups is 1. The first-order chi connectivity index (χ1) is 7.43. The van der Waals surface area contributed by atoms with Crippen molar-refractivity contribution in [3.05, 3.63) is 11.3 Å². The lowest BCUT2D eigenvalue weighted by Gasteiger charge is -2.14. The van der Waals surface area contributed by atoms with E-state index in [2.05, 4.69) is 4.74 Å². The first-order valence-electron chi connectivity index (χ1n) is 4.65. The van der Waals surface area contributed by atoms with Crippen molar-refractivity contribution in [2.75, 3.05) is 20.2 Å². The van der Waals surface area contributed by atoms with Crippen LogP contribution in [0.15, 0.2) is 11.3 Å². The number of aliphatic hydroxyl groups excluding tert-OH is 1. The summed E-state index contributed by atoms with van der Waals surface area (Å²) in [5, 5.41) is 18.2. The summed E-state index contributed by atoms with van der Waals surface area (Å²) in [5.74, 6) is -1.65. The van der Waals surface area contributed by atoms with Gasteiger partial charge in [0.1, 0.15) is 11.8 Å². The number of likely N-dealkylation sites (N-methyl/N-ethyl adjacent to an activating group) is 1. The summed E-state index contributed by atoms with van der Waals surface area (Å²) in [7, 11) is 1.44. The van der Waals surface area contributed by atoms with Crippen LogP contribution in [-0.4, -0.2) is 42.1 Å². The average molecular weight is 226 g/mol. The Kier molecular flexibility index (Phi) is 5.63. The van der Waals surface area contributed by atoms with Gasteiger partial charge in [0.15, 0.2) is 5.57 Å². The summed E-state index contributed by atoms with van der Waals surface area (Å²) >= 11 is 0. The minimum atomic E-state index is -0.889. The number of rotatable bonds is 4. The fourth-order valence-electron chi connectivity index (χ4n) is 0.846. The molecule has 0 saturated heterocycles. The number of amides is 1. The molecular formula is C10H14N2O4. The third kappa shape index (κ3) is 4.00. The van der Waals surface area contributed by atoms with Crippen molar-refractivity contribution in [3.8, 4) is 6.07 Å². The predicted molar refractivity (Wildman–Crippen MR) is 55.2 cm³/mol. The molecule has 16 heavy (non-hydrogen) atoms. The van der Waals surface area contributed by atoms with E-state index in [0.29, 0.717) is 0 Å². The molecule has 0 heterocycles. The molecule has 0 aromatic carbocycles. The van der Waals surface area contributed by atoms with E-state index < -0.39 is 17.3 Å². The normalized spacial score (nSPS) is 11.1. The van der Waals surface area contributed by atoms with Gasteiger partial charge in [0, 0.05) is 14.0 Å². The highest BCUT2D eigenvalue weighted by Gasteiger charge is 2.17. The van der Waals surface area contributed by atoms with Gasteiger partial charge >= 0.3 is 5.97 Å².